The van der Waals surface area contributed by atoms with E-state index in [0.717, 1.165) is 34.2 Å². The molecule has 0 unspecified atom stereocenters. The third-order valence-corrected chi connectivity index (χ3v) is 5.88. The molecular weight excluding hydrogens is 426 g/mol. The molecule has 0 atom stereocenters. The van der Waals surface area contributed by atoms with E-state index >= 15 is 0 Å². The zero-order chi connectivity index (χ0) is 22.8. The highest BCUT2D eigenvalue weighted by Gasteiger charge is 2.23. The number of carbonyl (C=O) groups excluding carboxylic acids is 1. The fourth-order valence-corrected chi connectivity index (χ4v) is 4.13. The Balaban J connectivity index is 1.25. The minimum atomic E-state index is -0.392. The van der Waals surface area contributed by atoms with E-state index in [1.165, 1.54) is 24.5 Å². The van der Waals surface area contributed by atoms with Crippen LogP contribution in [0.1, 0.15) is 12.0 Å². The van der Waals surface area contributed by atoms with Crippen molar-refractivity contribution in [1.82, 2.24) is 24.8 Å². The number of aromatic nitrogens is 4. The molecule has 33 heavy (non-hydrogen) atoms. The van der Waals surface area contributed by atoms with E-state index in [1.54, 1.807) is 18.3 Å². The molecule has 4 aromatic rings. The van der Waals surface area contributed by atoms with Crippen LogP contribution in [0, 0.1) is 11.6 Å². The minimum Gasteiger partial charge on any atom is -0.352 e. The number of fused-ring (bicyclic) bond motifs is 1. The molecule has 1 N–H and O–H groups in total. The van der Waals surface area contributed by atoms with Gasteiger partial charge in [-0.15, -0.1) is 0 Å². The first kappa shape index (κ1) is 21.0. The Bertz CT molecular complexity index is 1280. The standard InChI is InChI=1S/C24H22F2N6O/c25-18-4-2-17(3-5-18)21-12-20-23(30-21)28-15-29-24(20)32-9-7-31(8-10-32)22(33)6-1-16-11-19(26)14-27-13-16/h2-5,11-15H,1,6-10H2,(H,28,29,30). The van der Waals surface area contributed by atoms with Gasteiger partial charge in [-0.3, -0.25) is 9.78 Å². The lowest BCUT2D eigenvalue weighted by Gasteiger charge is -2.35. The number of benzene rings is 1. The van der Waals surface area contributed by atoms with Gasteiger partial charge < -0.3 is 14.8 Å². The van der Waals surface area contributed by atoms with Crippen LogP contribution < -0.4 is 4.90 Å². The topological polar surface area (TPSA) is 78.0 Å². The number of halogens is 2. The smallest absolute Gasteiger partial charge is 0.223 e. The Labute approximate surface area is 189 Å². The number of anilines is 1. The summed E-state index contributed by atoms with van der Waals surface area (Å²) in [6, 6.07) is 9.68. The normalized spacial score (nSPS) is 14.1. The average molecular weight is 448 g/mol. The van der Waals surface area contributed by atoms with Crippen molar-refractivity contribution in [1.29, 1.82) is 0 Å². The van der Waals surface area contributed by atoms with Crippen molar-refractivity contribution >= 4 is 22.8 Å². The Kier molecular flexibility index (Phi) is 5.68. The number of aromatic amines is 1. The molecule has 1 fully saturated rings. The van der Waals surface area contributed by atoms with E-state index in [-0.39, 0.29) is 11.7 Å². The molecule has 0 saturated carbocycles. The fourth-order valence-electron chi connectivity index (χ4n) is 4.13. The largest absolute Gasteiger partial charge is 0.352 e. The van der Waals surface area contributed by atoms with Crippen LogP contribution in [0.2, 0.25) is 0 Å². The van der Waals surface area contributed by atoms with Gasteiger partial charge in [-0.25, -0.2) is 18.7 Å². The molecule has 1 amide bonds. The van der Waals surface area contributed by atoms with Gasteiger partial charge in [0, 0.05) is 44.5 Å². The number of hydrogen-bond acceptors (Lipinski definition) is 5. The van der Waals surface area contributed by atoms with Crippen molar-refractivity contribution in [2.75, 3.05) is 31.1 Å². The van der Waals surface area contributed by atoms with Crippen molar-refractivity contribution in [2.45, 2.75) is 12.8 Å². The van der Waals surface area contributed by atoms with Gasteiger partial charge in [-0.1, -0.05) is 0 Å². The predicted octanol–water partition coefficient (Wildman–Crippen LogP) is 3.58. The third kappa shape index (κ3) is 4.52. The second kappa shape index (κ2) is 8.93. The molecule has 1 aliphatic heterocycles. The van der Waals surface area contributed by atoms with Gasteiger partial charge >= 0.3 is 0 Å². The zero-order valence-corrected chi connectivity index (χ0v) is 17.8. The SMILES string of the molecule is O=C(CCc1cncc(F)c1)N1CCN(c2ncnc3[nH]c(-c4ccc(F)cc4)cc23)CC1. The van der Waals surface area contributed by atoms with Crippen LogP contribution in [0.25, 0.3) is 22.3 Å². The van der Waals surface area contributed by atoms with E-state index in [2.05, 4.69) is 24.8 Å². The maximum atomic E-state index is 13.3. The summed E-state index contributed by atoms with van der Waals surface area (Å²) in [7, 11) is 0. The van der Waals surface area contributed by atoms with Gasteiger partial charge in [0.25, 0.3) is 0 Å². The Morgan fingerprint density at radius 2 is 1.76 bits per heavy atom. The average Bonchev–Trinajstić information content (AvgIpc) is 3.28. The number of pyridine rings is 1. The molecule has 9 heteroatoms. The molecule has 0 radical (unpaired) electrons. The van der Waals surface area contributed by atoms with Crippen LogP contribution in [0.15, 0.2) is 55.1 Å². The number of carbonyl (C=O) groups is 1. The predicted molar refractivity (Wildman–Crippen MR) is 121 cm³/mol. The molecule has 3 aromatic heterocycles. The first-order valence-electron chi connectivity index (χ1n) is 10.8. The van der Waals surface area contributed by atoms with Crippen LogP contribution in [0.5, 0.6) is 0 Å². The highest BCUT2D eigenvalue weighted by atomic mass is 19.1. The van der Waals surface area contributed by atoms with Gasteiger partial charge in [0.1, 0.15) is 29.4 Å². The molecular formula is C24H22F2N6O. The first-order chi connectivity index (χ1) is 16.1. The first-order valence-corrected chi connectivity index (χ1v) is 10.8. The van der Waals surface area contributed by atoms with Gasteiger partial charge in [-0.05, 0) is 53.9 Å². The zero-order valence-electron chi connectivity index (χ0n) is 17.8. The third-order valence-electron chi connectivity index (χ3n) is 5.88. The highest BCUT2D eigenvalue weighted by Crippen LogP contribution is 2.29. The summed E-state index contributed by atoms with van der Waals surface area (Å²) in [5.74, 6) is 0.182. The van der Waals surface area contributed by atoms with Crippen molar-refractivity contribution in [3.05, 3.63) is 72.3 Å². The van der Waals surface area contributed by atoms with Gasteiger partial charge in [0.05, 0.1) is 11.6 Å². The second-order valence-corrected chi connectivity index (χ2v) is 8.03. The molecule has 0 bridgehead atoms. The molecule has 1 aliphatic rings. The molecule has 4 heterocycles. The quantitative estimate of drug-likeness (QED) is 0.505. The Morgan fingerprint density at radius 3 is 2.52 bits per heavy atom. The van der Waals surface area contributed by atoms with Crippen molar-refractivity contribution < 1.29 is 13.6 Å². The van der Waals surface area contributed by atoms with E-state index in [4.69, 9.17) is 0 Å². The molecule has 7 nitrogen and oxygen atoms in total. The summed E-state index contributed by atoms with van der Waals surface area (Å²) in [4.78, 5) is 32.6. The maximum absolute atomic E-state index is 13.3. The number of amides is 1. The van der Waals surface area contributed by atoms with Crippen molar-refractivity contribution in [3.63, 3.8) is 0 Å². The molecule has 5 rings (SSSR count). The van der Waals surface area contributed by atoms with Gasteiger partial charge in [0.15, 0.2) is 0 Å². The molecule has 168 valence electrons. The molecule has 1 aromatic carbocycles. The van der Waals surface area contributed by atoms with Crippen LogP contribution in [-0.2, 0) is 11.2 Å². The van der Waals surface area contributed by atoms with E-state index in [9.17, 15) is 13.6 Å². The Hall–Kier alpha value is -3.88. The summed E-state index contributed by atoms with van der Waals surface area (Å²) in [5, 5.41) is 0.884. The lowest BCUT2D eigenvalue weighted by Crippen LogP contribution is -2.49. The van der Waals surface area contributed by atoms with Crippen LogP contribution in [0.3, 0.4) is 0 Å². The molecule has 0 spiro atoms. The summed E-state index contributed by atoms with van der Waals surface area (Å²) < 4.78 is 26.6. The lowest BCUT2D eigenvalue weighted by atomic mass is 10.1. The maximum Gasteiger partial charge on any atom is 0.223 e. The number of piperazine rings is 1. The highest BCUT2D eigenvalue weighted by molar-refractivity contribution is 5.92. The van der Waals surface area contributed by atoms with Crippen molar-refractivity contribution in [3.8, 4) is 11.3 Å². The summed E-state index contributed by atoms with van der Waals surface area (Å²) in [6.07, 6.45) is 5.05. The fraction of sp³-hybridized carbons (Fsp3) is 0.250. The number of aryl methyl sites for hydroxylation is 1. The summed E-state index contributed by atoms with van der Waals surface area (Å²) in [6.45, 7) is 2.47. The van der Waals surface area contributed by atoms with Gasteiger partial charge in [-0.2, -0.15) is 0 Å². The molecule has 1 saturated heterocycles. The molecule has 0 aliphatic carbocycles. The lowest BCUT2D eigenvalue weighted by molar-refractivity contribution is -0.131. The second-order valence-electron chi connectivity index (χ2n) is 8.03. The van der Waals surface area contributed by atoms with E-state index in [1.807, 2.05) is 11.0 Å². The Morgan fingerprint density at radius 1 is 0.970 bits per heavy atom. The number of nitrogens with one attached hydrogen (secondary N) is 1. The number of hydrogen-bond donors (Lipinski definition) is 1. The van der Waals surface area contributed by atoms with Crippen LogP contribution in [-0.4, -0.2) is 56.9 Å². The number of rotatable bonds is 5. The summed E-state index contributed by atoms with van der Waals surface area (Å²) >= 11 is 0. The van der Waals surface area contributed by atoms with E-state index < -0.39 is 5.82 Å². The number of H-pyrrole nitrogens is 1. The van der Waals surface area contributed by atoms with Crippen LogP contribution in [0.4, 0.5) is 14.6 Å². The van der Waals surface area contributed by atoms with Crippen LogP contribution >= 0.6 is 0 Å². The summed E-state index contributed by atoms with van der Waals surface area (Å²) in [5.41, 5.74) is 3.13. The van der Waals surface area contributed by atoms with Crippen molar-refractivity contribution in [2.24, 2.45) is 0 Å². The van der Waals surface area contributed by atoms with E-state index in [0.29, 0.717) is 44.7 Å². The van der Waals surface area contributed by atoms with Gasteiger partial charge in [0.2, 0.25) is 5.91 Å². The monoisotopic (exact) mass is 448 g/mol. The number of nitrogens with zero attached hydrogens (tertiary/aromatic N) is 5. The minimum absolute atomic E-state index is 0.0481.